The molecule has 0 spiro atoms. The molecule has 1 fully saturated rings. The lowest BCUT2D eigenvalue weighted by Crippen LogP contribution is -2.29. The van der Waals surface area contributed by atoms with Crippen LogP contribution in [-0.2, 0) is 9.53 Å². The largest absolute Gasteiger partial charge is 0.461 e. The standard InChI is InChI=1S/C10H14N4O3/c1-2-17-10(16)9-7(4-12-13-9)14-5-6(11)3-8(14)15/h4,6H,2-3,5,11H2,1H3,(H,12,13). The molecule has 1 aliphatic heterocycles. The summed E-state index contributed by atoms with van der Waals surface area (Å²) in [6.45, 7) is 2.38. The predicted molar refractivity (Wildman–Crippen MR) is 59.5 cm³/mol. The van der Waals surface area contributed by atoms with Crippen molar-refractivity contribution in [2.24, 2.45) is 5.73 Å². The van der Waals surface area contributed by atoms with E-state index in [0.29, 0.717) is 12.2 Å². The van der Waals surface area contributed by atoms with Crippen LogP contribution in [0.5, 0.6) is 0 Å². The number of carbonyl (C=O) groups is 2. The molecule has 1 aromatic rings. The Hall–Kier alpha value is -1.89. The molecule has 1 saturated heterocycles. The summed E-state index contributed by atoms with van der Waals surface area (Å²) in [5.41, 5.74) is 6.32. The van der Waals surface area contributed by atoms with Crippen molar-refractivity contribution in [1.29, 1.82) is 0 Å². The van der Waals surface area contributed by atoms with Crippen molar-refractivity contribution in [1.82, 2.24) is 10.2 Å². The lowest BCUT2D eigenvalue weighted by atomic mass is 10.3. The molecule has 7 heteroatoms. The molecule has 1 atom stereocenters. The number of H-pyrrole nitrogens is 1. The van der Waals surface area contributed by atoms with Gasteiger partial charge in [0.15, 0.2) is 5.69 Å². The summed E-state index contributed by atoms with van der Waals surface area (Å²) in [5.74, 6) is -0.627. The fourth-order valence-electron chi connectivity index (χ4n) is 1.81. The smallest absolute Gasteiger partial charge is 0.358 e. The molecule has 1 aromatic heterocycles. The Morgan fingerprint density at radius 3 is 3.12 bits per heavy atom. The predicted octanol–water partition coefficient (Wildman–Crippen LogP) is -0.350. The van der Waals surface area contributed by atoms with Crippen LogP contribution < -0.4 is 10.6 Å². The minimum Gasteiger partial charge on any atom is -0.461 e. The van der Waals surface area contributed by atoms with E-state index in [2.05, 4.69) is 10.2 Å². The van der Waals surface area contributed by atoms with Gasteiger partial charge < -0.3 is 15.4 Å². The Bertz CT molecular complexity index is 443. The van der Waals surface area contributed by atoms with Gasteiger partial charge in [-0.3, -0.25) is 9.89 Å². The minimum atomic E-state index is -0.520. The molecule has 0 radical (unpaired) electrons. The third kappa shape index (κ3) is 2.14. The van der Waals surface area contributed by atoms with Crippen molar-refractivity contribution >= 4 is 17.6 Å². The van der Waals surface area contributed by atoms with Gasteiger partial charge in [0.25, 0.3) is 0 Å². The molecular weight excluding hydrogens is 224 g/mol. The van der Waals surface area contributed by atoms with Gasteiger partial charge in [-0.05, 0) is 6.92 Å². The van der Waals surface area contributed by atoms with Crippen LogP contribution in [0.2, 0.25) is 0 Å². The van der Waals surface area contributed by atoms with Crippen molar-refractivity contribution in [2.75, 3.05) is 18.1 Å². The van der Waals surface area contributed by atoms with Gasteiger partial charge in [-0.1, -0.05) is 0 Å². The minimum absolute atomic E-state index is 0.107. The second-order valence-corrected chi connectivity index (χ2v) is 3.82. The molecule has 3 N–H and O–H groups in total. The molecule has 17 heavy (non-hydrogen) atoms. The zero-order chi connectivity index (χ0) is 12.4. The average molecular weight is 238 g/mol. The van der Waals surface area contributed by atoms with E-state index in [0.717, 1.165) is 0 Å². The molecule has 0 bridgehead atoms. The molecular formula is C10H14N4O3. The van der Waals surface area contributed by atoms with Gasteiger partial charge in [0, 0.05) is 19.0 Å². The number of amides is 1. The number of anilines is 1. The van der Waals surface area contributed by atoms with Crippen LogP contribution >= 0.6 is 0 Å². The topological polar surface area (TPSA) is 101 Å². The summed E-state index contributed by atoms with van der Waals surface area (Å²) < 4.78 is 4.87. The highest BCUT2D eigenvalue weighted by molar-refractivity contribution is 6.02. The SMILES string of the molecule is CCOC(=O)c1[nH]ncc1N1CC(N)CC1=O. The first-order valence-electron chi connectivity index (χ1n) is 5.40. The van der Waals surface area contributed by atoms with Crippen LogP contribution in [0.3, 0.4) is 0 Å². The highest BCUT2D eigenvalue weighted by atomic mass is 16.5. The van der Waals surface area contributed by atoms with Crippen LogP contribution in [-0.4, -0.2) is 41.3 Å². The lowest BCUT2D eigenvalue weighted by molar-refractivity contribution is -0.117. The van der Waals surface area contributed by atoms with Gasteiger partial charge in [-0.15, -0.1) is 0 Å². The zero-order valence-electron chi connectivity index (χ0n) is 9.47. The Kier molecular flexibility index (Phi) is 3.10. The van der Waals surface area contributed by atoms with Gasteiger partial charge >= 0.3 is 5.97 Å². The second kappa shape index (κ2) is 4.54. The third-order valence-electron chi connectivity index (χ3n) is 2.54. The van der Waals surface area contributed by atoms with E-state index in [4.69, 9.17) is 10.5 Å². The van der Waals surface area contributed by atoms with E-state index < -0.39 is 5.97 Å². The molecule has 0 aromatic carbocycles. The average Bonchev–Trinajstić information content (AvgIpc) is 2.84. The van der Waals surface area contributed by atoms with Crippen LogP contribution in [0.4, 0.5) is 5.69 Å². The van der Waals surface area contributed by atoms with Crippen LogP contribution in [0.1, 0.15) is 23.8 Å². The van der Waals surface area contributed by atoms with Crippen molar-refractivity contribution in [3.05, 3.63) is 11.9 Å². The van der Waals surface area contributed by atoms with E-state index in [-0.39, 0.29) is 30.7 Å². The molecule has 7 nitrogen and oxygen atoms in total. The van der Waals surface area contributed by atoms with Gasteiger partial charge in [-0.2, -0.15) is 5.10 Å². The highest BCUT2D eigenvalue weighted by Gasteiger charge is 2.32. The Morgan fingerprint density at radius 1 is 1.76 bits per heavy atom. The van der Waals surface area contributed by atoms with Gasteiger partial charge in [-0.25, -0.2) is 4.79 Å². The number of esters is 1. The summed E-state index contributed by atoms with van der Waals surface area (Å²) in [5, 5.41) is 6.31. The zero-order valence-corrected chi connectivity index (χ0v) is 9.47. The molecule has 2 heterocycles. The molecule has 1 unspecified atom stereocenters. The maximum atomic E-state index is 11.7. The van der Waals surface area contributed by atoms with Gasteiger partial charge in [0.05, 0.1) is 18.5 Å². The number of rotatable bonds is 3. The fraction of sp³-hybridized carbons (Fsp3) is 0.500. The number of nitrogens with zero attached hydrogens (tertiary/aromatic N) is 2. The number of nitrogens with one attached hydrogen (secondary N) is 1. The number of carbonyl (C=O) groups excluding carboxylic acids is 2. The number of nitrogens with two attached hydrogens (primary N) is 1. The molecule has 1 amide bonds. The summed E-state index contributed by atoms with van der Waals surface area (Å²) in [6, 6.07) is -0.201. The van der Waals surface area contributed by atoms with E-state index in [9.17, 15) is 9.59 Å². The third-order valence-corrected chi connectivity index (χ3v) is 2.54. The van der Waals surface area contributed by atoms with Crippen LogP contribution in [0, 0.1) is 0 Å². The number of hydrogen-bond acceptors (Lipinski definition) is 5. The summed E-state index contributed by atoms with van der Waals surface area (Å²) >= 11 is 0. The van der Waals surface area contributed by atoms with Crippen molar-refractivity contribution < 1.29 is 14.3 Å². The fourth-order valence-corrected chi connectivity index (χ4v) is 1.81. The molecule has 0 saturated carbocycles. The maximum absolute atomic E-state index is 11.7. The monoisotopic (exact) mass is 238 g/mol. The normalized spacial score (nSPS) is 19.8. The van der Waals surface area contributed by atoms with Crippen LogP contribution in [0.25, 0.3) is 0 Å². The van der Waals surface area contributed by atoms with Gasteiger partial charge in [0.2, 0.25) is 5.91 Å². The number of aromatic amines is 1. The first-order valence-corrected chi connectivity index (χ1v) is 5.40. The van der Waals surface area contributed by atoms with Crippen molar-refractivity contribution in [3.8, 4) is 0 Å². The quantitative estimate of drug-likeness (QED) is 0.701. The summed E-state index contributed by atoms with van der Waals surface area (Å²) in [7, 11) is 0. The molecule has 2 rings (SSSR count). The number of aromatic nitrogens is 2. The van der Waals surface area contributed by atoms with Crippen molar-refractivity contribution in [2.45, 2.75) is 19.4 Å². The van der Waals surface area contributed by atoms with Crippen LogP contribution in [0.15, 0.2) is 6.20 Å². The molecule has 1 aliphatic rings. The first-order chi connectivity index (χ1) is 8.13. The van der Waals surface area contributed by atoms with E-state index in [1.54, 1.807) is 6.92 Å². The lowest BCUT2D eigenvalue weighted by Gasteiger charge is -2.14. The molecule has 0 aliphatic carbocycles. The van der Waals surface area contributed by atoms with E-state index in [1.165, 1.54) is 11.1 Å². The summed E-state index contributed by atoms with van der Waals surface area (Å²) in [6.07, 6.45) is 1.72. The number of ether oxygens (including phenoxy) is 1. The van der Waals surface area contributed by atoms with E-state index in [1.807, 2.05) is 0 Å². The Balaban J connectivity index is 2.25. The molecule has 92 valence electrons. The second-order valence-electron chi connectivity index (χ2n) is 3.82. The Morgan fingerprint density at radius 2 is 2.53 bits per heavy atom. The van der Waals surface area contributed by atoms with E-state index >= 15 is 0 Å². The highest BCUT2D eigenvalue weighted by Crippen LogP contribution is 2.23. The summed E-state index contributed by atoms with van der Waals surface area (Å²) in [4.78, 5) is 24.7. The first kappa shape index (κ1) is 11.6. The number of hydrogen-bond donors (Lipinski definition) is 2. The van der Waals surface area contributed by atoms with Crippen molar-refractivity contribution in [3.63, 3.8) is 0 Å². The Labute approximate surface area is 97.9 Å². The maximum Gasteiger partial charge on any atom is 0.358 e. The van der Waals surface area contributed by atoms with Gasteiger partial charge in [0.1, 0.15) is 0 Å².